The summed E-state index contributed by atoms with van der Waals surface area (Å²) in [6.45, 7) is 5.01. The second-order valence-corrected chi connectivity index (χ2v) is 5.76. The zero-order valence-corrected chi connectivity index (χ0v) is 13.5. The fourth-order valence-electron chi connectivity index (χ4n) is 2.30. The molecule has 3 nitrogen and oxygen atoms in total. The van der Waals surface area contributed by atoms with E-state index in [4.69, 9.17) is 0 Å². The lowest BCUT2D eigenvalue weighted by atomic mass is 10.1. The molecular weight excluding hydrogens is 302 g/mol. The number of nitrogens with one attached hydrogen (secondary N) is 1. The van der Waals surface area contributed by atoms with Gasteiger partial charge in [0.05, 0.1) is 12.2 Å². The topological polar surface area (TPSA) is 29.9 Å². The first kappa shape index (κ1) is 14.3. The highest BCUT2D eigenvalue weighted by Crippen LogP contribution is 2.20. The average Bonchev–Trinajstić information content (AvgIpc) is 2.62. The summed E-state index contributed by atoms with van der Waals surface area (Å²) >= 11 is 3.54. The minimum Gasteiger partial charge on any atom is -0.333 e. The number of hydrogen-bond acceptors (Lipinski definition) is 2. The zero-order valence-electron chi connectivity index (χ0n) is 11.9. The molecule has 0 fully saturated rings. The Kier molecular flexibility index (Phi) is 4.42. The highest BCUT2D eigenvalue weighted by molar-refractivity contribution is 9.10. The van der Waals surface area contributed by atoms with Crippen LogP contribution in [0.1, 0.15) is 28.3 Å². The molecule has 0 atom stereocenters. The van der Waals surface area contributed by atoms with E-state index in [2.05, 4.69) is 69.9 Å². The lowest BCUT2D eigenvalue weighted by Gasteiger charge is -2.08. The fourth-order valence-corrected chi connectivity index (χ4v) is 2.55. The van der Waals surface area contributed by atoms with Gasteiger partial charge >= 0.3 is 0 Å². The van der Waals surface area contributed by atoms with E-state index < -0.39 is 0 Å². The van der Waals surface area contributed by atoms with Gasteiger partial charge in [-0.2, -0.15) is 0 Å². The Morgan fingerprint density at radius 1 is 1.32 bits per heavy atom. The summed E-state index contributed by atoms with van der Waals surface area (Å²) in [5.74, 6) is 1.09. The Labute approximate surface area is 123 Å². The number of nitrogens with zero attached hydrogens (tertiary/aromatic N) is 2. The minimum absolute atomic E-state index is 0.802. The van der Waals surface area contributed by atoms with Crippen LogP contribution in [0.5, 0.6) is 0 Å². The van der Waals surface area contributed by atoms with Crippen LogP contribution in [0.2, 0.25) is 0 Å². The van der Waals surface area contributed by atoms with Gasteiger partial charge in [0.1, 0.15) is 5.82 Å². The number of aromatic nitrogens is 2. The molecule has 0 aliphatic carbocycles. The molecule has 1 aromatic carbocycles. The second kappa shape index (κ2) is 5.88. The summed E-state index contributed by atoms with van der Waals surface area (Å²) in [5.41, 5.74) is 5.00. The van der Waals surface area contributed by atoms with Crippen molar-refractivity contribution in [1.82, 2.24) is 14.9 Å². The molecule has 0 radical (unpaired) electrons. The zero-order chi connectivity index (χ0) is 14.0. The summed E-state index contributed by atoms with van der Waals surface area (Å²) in [6, 6.07) is 6.51. The first-order chi connectivity index (χ1) is 9.02. The molecule has 0 amide bonds. The van der Waals surface area contributed by atoms with Gasteiger partial charge in [-0.25, -0.2) is 4.98 Å². The van der Waals surface area contributed by atoms with Crippen LogP contribution in [0.4, 0.5) is 0 Å². The molecule has 19 heavy (non-hydrogen) atoms. The van der Waals surface area contributed by atoms with E-state index in [0.29, 0.717) is 0 Å². The van der Waals surface area contributed by atoms with E-state index in [-0.39, 0.29) is 0 Å². The van der Waals surface area contributed by atoms with E-state index in [9.17, 15) is 0 Å². The molecule has 0 spiro atoms. The highest BCUT2D eigenvalue weighted by atomic mass is 79.9. The molecule has 102 valence electrons. The van der Waals surface area contributed by atoms with Crippen LogP contribution in [-0.4, -0.2) is 16.6 Å². The van der Waals surface area contributed by atoms with Crippen LogP contribution >= 0.6 is 15.9 Å². The molecule has 0 saturated heterocycles. The van der Waals surface area contributed by atoms with Crippen LogP contribution < -0.4 is 5.32 Å². The lowest BCUT2D eigenvalue weighted by molar-refractivity contribution is 0.695. The van der Waals surface area contributed by atoms with Crippen LogP contribution in [0, 0.1) is 13.8 Å². The largest absolute Gasteiger partial charge is 0.333 e. The molecule has 1 heterocycles. The second-order valence-electron chi connectivity index (χ2n) is 4.91. The maximum atomic E-state index is 4.63. The third-order valence-corrected chi connectivity index (χ3v) is 4.33. The van der Waals surface area contributed by atoms with Crippen molar-refractivity contribution < 1.29 is 0 Å². The number of hydrogen-bond donors (Lipinski definition) is 1. The van der Waals surface area contributed by atoms with Crippen molar-refractivity contribution in [3.05, 3.63) is 51.0 Å². The van der Waals surface area contributed by atoms with Crippen molar-refractivity contribution in [2.75, 3.05) is 7.05 Å². The predicted octanol–water partition coefficient (Wildman–Crippen LogP) is 3.11. The molecule has 1 N–H and O–H groups in total. The highest BCUT2D eigenvalue weighted by Gasteiger charge is 2.11. The van der Waals surface area contributed by atoms with Gasteiger partial charge in [-0.05, 0) is 38.1 Å². The Bertz CT molecular complexity index is 587. The van der Waals surface area contributed by atoms with Crippen LogP contribution in [0.15, 0.2) is 22.7 Å². The van der Waals surface area contributed by atoms with Gasteiger partial charge in [-0.1, -0.05) is 28.1 Å². The monoisotopic (exact) mass is 321 g/mol. The van der Waals surface area contributed by atoms with Gasteiger partial charge in [0.15, 0.2) is 0 Å². The van der Waals surface area contributed by atoms with Crippen molar-refractivity contribution in [2.24, 2.45) is 7.05 Å². The summed E-state index contributed by atoms with van der Waals surface area (Å²) in [6.07, 6.45) is 0.924. The number of aryl methyl sites for hydroxylation is 2. The third-order valence-electron chi connectivity index (χ3n) is 3.44. The van der Waals surface area contributed by atoms with Crippen molar-refractivity contribution in [1.29, 1.82) is 0 Å². The maximum Gasteiger partial charge on any atom is 0.122 e. The van der Waals surface area contributed by atoms with Crippen molar-refractivity contribution in [2.45, 2.75) is 26.8 Å². The first-order valence-electron chi connectivity index (χ1n) is 6.43. The van der Waals surface area contributed by atoms with Crippen molar-refractivity contribution in [3.8, 4) is 0 Å². The molecular formula is C15H20BrN3. The van der Waals surface area contributed by atoms with E-state index in [1.807, 2.05) is 7.05 Å². The number of rotatable bonds is 4. The number of imidazole rings is 1. The van der Waals surface area contributed by atoms with Crippen molar-refractivity contribution >= 4 is 15.9 Å². The van der Waals surface area contributed by atoms with E-state index in [1.165, 1.54) is 16.8 Å². The number of halogens is 1. The smallest absolute Gasteiger partial charge is 0.122 e. The first-order valence-corrected chi connectivity index (χ1v) is 7.23. The van der Waals surface area contributed by atoms with Gasteiger partial charge in [-0.15, -0.1) is 0 Å². The van der Waals surface area contributed by atoms with Crippen LogP contribution in [0.25, 0.3) is 0 Å². The Morgan fingerprint density at radius 2 is 2.05 bits per heavy atom. The predicted molar refractivity (Wildman–Crippen MR) is 82.4 cm³/mol. The maximum absolute atomic E-state index is 4.63. The molecule has 0 aliphatic heterocycles. The number of benzene rings is 1. The third kappa shape index (κ3) is 3.07. The fraction of sp³-hybridized carbons (Fsp3) is 0.400. The molecule has 1 aromatic heterocycles. The average molecular weight is 322 g/mol. The summed E-state index contributed by atoms with van der Waals surface area (Å²) in [7, 11) is 4.04. The Morgan fingerprint density at radius 3 is 2.68 bits per heavy atom. The Hall–Kier alpha value is -1.13. The van der Waals surface area contributed by atoms with E-state index in [1.54, 1.807) is 0 Å². The SMILES string of the molecule is CNCc1nc(C)c(Cc2ccc(Br)c(C)c2)n1C. The van der Waals surface area contributed by atoms with Gasteiger partial charge in [0.25, 0.3) is 0 Å². The quantitative estimate of drug-likeness (QED) is 0.937. The van der Waals surface area contributed by atoms with E-state index in [0.717, 1.165) is 29.0 Å². The van der Waals surface area contributed by atoms with E-state index >= 15 is 0 Å². The standard InChI is InChI=1S/C15H20BrN3/c1-10-7-12(5-6-13(10)16)8-14-11(2)18-15(9-17-3)19(14)4/h5-7,17H,8-9H2,1-4H3. The van der Waals surface area contributed by atoms with Crippen LogP contribution in [-0.2, 0) is 20.0 Å². The van der Waals surface area contributed by atoms with Crippen molar-refractivity contribution in [3.63, 3.8) is 0 Å². The normalized spacial score (nSPS) is 11.0. The summed E-state index contributed by atoms with van der Waals surface area (Å²) < 4.78 is 3.36. The van der Waals surface area contributed by atoms with Gasteiger partial charge < -0.3 is 9.88 Å². The molecule has 0 bridgehead atoms. The Balaban J connectivity index is 2.30. The van der Waals surface area contributed by atoms with Gasteiger partial charge in [-0.3, -0.25) is 0 Å². The molecule has 0 unspecified atom stereocenters. The molecule has 2 rings (SSSR count). The summed E-state index contributed by atoms with van der Waals surface area (Å²) in [5, 5.41) is 3.16. The minimum atomic E-state index is 0.802. The lowest BCUT2D eigenvalue weighted by Crippen LogP contribution is -2.11. The molecule has 0 aliphatic rings. The molecule has 0 saturated carbocycles. The van der Waals surface area contributed by atoms with Gasteiger partial charge in [0.2, 0.25) is 0 Å². The molecule has 2 aromatic rings. The summed E-state index contributed by atoms with van der Waals surface area (Å²) in [4.78, 5) is 4.63. The molecule has 4 heteroatoms. The van der Waals surface area contributed by atoms with Gasteiger partial charge in [0, 0.05) is 23.6 Å². The van der Waals surface area contributed by atoms with Crippen LogP contribution in [0.3, 0.4) is 0 Å².